The molecule has 0 unspecified atom stereocenters. The number of hydrogen-bond acceptors (Lipinski definition) is 4. The van der Waals surface area contributed by atoms with Gasteiger partial charge in [-0.25, -0.2) is 12.8 Å². The van der Waals surface area contributed by atoms with E-state index in [1.165, 1.54) is 50.4 Å². The number of rotatable bonds is 8. The maximum absolute atomic E-state index is 13.1. The van der Waals surface area contributed by atoms with Crippen LogP contribution in [0.15, 0.2) is 53.4 Å². The van der Waals surface area contributed by atoms with Gasteiger partial charge in [0, 0.05) is 32.2 Å². The third kappa shape index (κ3) is 5.43. The van der Waals surface area contributed by atoms with Crippen LogP contribution in [0.25, 0.3) is 0 Å². The van der Waals surface area contributed by atoms with E-state index in [2.05, 4.69) is 5.32 Å². The molecule has 1 aliphatic rings. The Morgan fingerprint density at radius 3 is 2.20 bits per heavy atom. The fourth-order valence-electron chi connectivity index (χ4n) is 3.05. The molecule has 0 heterocycles. The molecule has 0 spiro atoms. The molecule has 9 heteroatoms. The number of carbonyl (C=O) groups is 2. The van der Waals surface area contributed by atoms with Crippen LogP contribution in [0.2, 0.25) is 0 Å². The number of nitrogens with zero attached hydrogens (tertiary/aromatic N) is 2. The predicted molar refractivity (Wildman–Crippen MR) is 111 cm³/mol. The van der Waals surface area contributed by atoms with Crippen LogP contribution in [-0.2, 0) is 26.2 Å². The van der Waals surface area contributed by atoms with E-state index in [9.17, 15) is 22.4 Å². The van der Waals surface area contributed by atoms with Gasteiger partial charge in [-0.05, 0) is 54.8 Å². The van der Waals surface area contributed by atoms with Crippen molar-refractivity contribution in [3.8, 4) is 0 Å². The third-order valence-electron chi connectivity index (χ3n) is 4.81. The zero-order valence-electron chi connectivity index (χ0n) is 16.8. The molecule has 3 rings (SSSR count). The molecule has 1 saturated carbocycles. The first-order valence-electron chi connectivity index (χ1n) is 9.55. The molecular formula is C21H24FN3O4S. The van der Waals surface area contributed by atoms with Gasteiger partial charge in [0.1, 0.15) is 5.82 Å². The Morgan fingerprint density at radius 2 is 1.67 bits per heavy atom. The zero-order chi connectivity index (χ0) is 21.9. The quantitative estimate of drug-likeness (QED) is 0.693. The molecule has 30 heavy (non-hydrogen) atoms. The van der Waals surface area contributed by atoms with Crippen molar-refractivity contribution in [2.45, 2.75) is 37.2 Å². The average molecular weight is 434 g/mol. The lowest BCUT2D eigenvalue weighted by molar-refractivity contribution is -0.132. The summed E-state index contributed by atoms with van der Waals surface area (Å²) in [5.74, 6) is -0.907. The molecular weight excluding hydrogens is 409 g/mol. The molecule has 160 valence electrons. The molecule has 0 saturated heterocycles. The Kier molecular flexibility index (Phi) is 6.52. The number of anilines is 1. The summed E-state index contributed by atoms with van der Waals surface area (Å²) in [7, 11) is -2.51. The largest absolute Gasteiger partial charge is 0.334 e. The van der Waals surface area contributed by atoms with Gasteiger partial charge in [0.05, 0.1) is 11.4 Å². The number of nitrogens with one attached hydrogen (secondary N) is 1. The summed E-state index contributed by atoms with van der Waals surface area (Å²) in [5.41, 5.74) is 1.27. The number of carbonyl (C=O) groups excluding carboxylic acids is 2. The molecule has 1 aliphatic carbocycles. The van der Waals surface area contributed by atoms with Crippen molar-refractivity contribution < 1.29 is 22.4 Å². The number of amides is 2. The summed E-state index contributed by atoms with van der Waals surface area (Å²) in [5, 5.41) is 2.57. The van der Waals surface area contributed by atoms with Gasteiger partial charge < -0.3 is 10.2 Å². The Bertz CT molecular complexity index is 1020. The maximum atomic E-state index is 13.1. The van der Waals surface area contributed by atoms with Crippen LogP contribution in [-0.4, -0.2) is 49.1 Å². The minimum absolute atomic E-state index is 0.0309. The lowest BCUT2D eigenvalue weighted by Crippen LogP contribution is -2.41. The second-order valence-electron chi connectivity index (χ2n) is 7.35. The Labute approximate surface area is 175 Å². The van der Waals surface area contributed by atoms with E-state index < -0.39 is 10.0 Å². The number of likely N-dealkylation sites (N-methyl/N-ethyl adjacent to an activating group) is 1. The highest BCUT2D eigenvalue weighted by Gasteiger charge is 2.34. The SMILES string of the molecule is CC(=O)Nc1ccc(S(=O)(=O)N(C)CC(=O)N(Cc2ccc(F)cc2)C2CC2)cc1. The van der Waals surface area contributed by atoms with Gasteiger partial charge in [-0.15, -0.1) is 0 Å². The lowest BCUT2D eigenvalue weighted by Gasteiger charge is -2.25. The van der Waals surface area contributed by atoms with Crippen molar-refractivity contribution in [1.29, 1.82) is 0 Å². The molecule has 2 aromatic rings. The van der Waals surface area contributed by atoms with Crippen LogP contribution < -0.4 is 5.32 Å². The van der Waals surface area contributed by atoms with Crippen LogP contribution in [0, 0.1) is 5.82 Å². The molecule has 0 radical (unpaired) electrons. The summed E-state index contributed by atoms with van der Waals surface area (Å²) in [4.78, 5) is 25.6. The van der Waals surface area contributed by atoms with Crippen molar-refractivity contribution in [3.63, 3.8) is 0 Å². The van der Waals surface area contributed by atoms with Crippen LogP contribution in [0.5, 0.6) is 0 Å². The number of hydrogen-bond donors (Lipinski definition) is 1. The summed E-state index contributed by atoms with van der Waals surface area (Å²) < 4.78 is 39.8. The molecule has 1 N–H and O–H groups in total. The van der Waals surface area contributed by atoms with Gasteiger partial charge in [-0.1, -0.05) is 12.1 Å². The zero-order valence-corrected chi connectivity index (χ0v) is 17.7. The van der Waals surface area contributed by atoms with Crippen molar-refractivity contribution in [2.75, 3.05) is 18.9 Å². The molecule has 1 fully saturated rings. The molecule has 0 bridgehead atoms. The van der Waals surface area contributed by atoms with Gasteiger partial charge in [0.2, 0.25) is 21.8 Å². The van der Waals surface area contributed by atoms with Crippen LogP contribution in [0.3, 0.4) is 0 Å². The fraction of sp³-hybridized carbons (Fsp3) is 0.333. The van der Waals surface area contributed by atoms with Gasteiger partial charge >= 0.3 is 0 Å². The molecule has 0 aliphatic heterocycles. The van der Waals surface area contributed by atoms with Crippen LogP contribution in [0.1, 0.15) is 25.3 Å². The Balaban J connectivity index is 1.69. The van der Waals surface area contributed by atoms with Gasteiger partial charge in [-0.3, -0.25) is 9.59 Å². The van der Waals surface area contributed by atoms with E-state index in [0.717, 1.165) is 22.7 Å². The minimum Gasteiger partial charge on any atom is -0.334 e. The van der Waals surface area contributed by atoms with Crippen molar-refractivity contribution in [1.82, 2.24) is 9.21 Å². The highest BCUT2D eigenvalue weighted by atomic mass is 32.2. The Hall–Kier alpha value is -2.78. The standard InChI is InChI=1S/C21H24FN3O4S/c1-15(26)23-18-7-11-20(12-8-18)30(28,29)24(2)14-21(27)25(19-9-10-19)13-16-3-5-17(22)6-4-16/h3-8,11-12,19H,9-10,13-14H2,1-2H3,(H,23,26). The molecule has 0 atom stereocenters. The first kappa shape index (κ1) is 21.9. The van der Waals surface area contributed by atoms with E-state index in [1.54, 1.807) is 17.0 Å². The third-order valence-corrected chi connectivity index (χ3v) is 6.63. The van der Waals surface area contributed by atoms with E-state index >= 15 is 0 Å². The maximum Gasteiger partial charge on any atom is 0.243 e. The van der Waals surface area contributed by atoms with E-state index in [-0.39, 0.29) is 35.1 Å². The summed E-state index contributed by atoms with van der Waals surface area (Å²) in [6.07, 6.45) is 1.74. The molecule has 0 aromatic heterocycles. The highest BCUT2D eigenvalue weighted by molar-refractivity contribution is 7.89. The topological polar surface area (TPSA) is 86.8 Å². The van der Waals surface area contributed by atoms with Gasteiger partial charge in [-0.2, -0.15) is 4.31 Å². The van der Waals surface area contributed by atoms with Crippen molar-refractivity contribution >= 4 is 27.5 Å². The number of sulfonamides is 1. The van der Waals surface area contributed by atoms with Crippen molar-refractivity contribution in [3.05, 3.63) is 59.9 Å². The van der Waals surface area contributed by atoms with E-state index in [4.69, 9.17) is 0 Å². The molecule has 2 amide bonds. The normalized spacial score (nSPS) is 13.9. The number of halogens is 1. The van der Waals surface area contributed by atoms with Gasteiger partial charge in [0.15, 0.2) is 0 Å². The average Bonchev–Trinajstić information content (AvgIpc) is 3.52. The highest BCUT2D eigenvalue weighted by Crippen LogP contribution is 2.29. The lowest BCUT2D eigenvalue weighted by atomic mass is 10.2. The molecule has 2 aromatic carbocycles. The second-order valence-corrected chi connectivity index (χ2v) is 9.39. The first-order valence-corrected chi connectivity index (χ1v) is 11.0. The molecule has 7 nitrogen and oxygen atoms in total. The van der Waals surface area contributed by atoms with E-state index in [0.29, 0.717) is 12.2 Å². The summed E-state index contributed by atoms with van der Waals surface area (Å²) in [6, 6.07) is 11.8. The predicted octanol–water partition coefficient (Wildman–Crippen LogP) is 2.60. The monoisotopic (exact) mass is 433 g/mol. The van der Waals surface area contributed by atoms with Crippen molar-refractivity contribution in [2.24, 2.45) is 0 Å². The van der Waals surface area contributed by atoms with Gasteiger partial charge in [0.25, 0.3) is 0 Å². The van der Waals surface area contributed by atoms with E-state index in [1.807, 2.05) is 0 Å². The number of benzene rings is 2. The summed E-state index contributed by atoms with van der Waals surface area (Å²) in [6.45, 7) is 1.37. The smallest absolute Gasteiger partial charge is 0.243 e. The fourth-order valence-corrected chi connectivity index (χ4v) is 4.17. The Morgan fingerprint density at radius 1 is 1.07 bits per heavy atom. The first-order chi connectivity index (χ1) is 14.2. The minimum atomic E-state index is -3.87. The van der Waals surface area contributed by atoms with Crippen LogP contribution in [0.4, 0.5) is 10.1 Å². The second kappa shape index (κ2) is 8.93. The summed E-state index contributed by atoms with van der Waals surface area (Å²) >= 11 is 0. The van der Waals surface area contributed by atoms with Crippen LogP contribution >= 0.6 is 0 Å².